The van der Waals surface area contributed by atoms with Gasteiger partial charge in [-0.25, -0.2) is 0 Å². The van der Waals surface area contributed by atoms with Crippen LogP contribution in [0.4, 0.5) is 0 Å². The summed E-state index contributed by atoms with van der Waals surface area (Å²) in [6.45, 7) is 2.29. The molecule has 0 aliphatic heterocycles. The summed E-state index contributed by atoms with van der Waals surface area (Å²) >= 11 is 0. The fourth-order valence-electron chi connectivity index (χ4n) is 3.09. The molecule has 1 aliphatic rings. The van der Waals surface area contributed by atoms with Crippen LogP contribution in [-0.2, 0) is 4.74 Å². The van der Waals surface area contributed by atoms with Gasteiger partial charge in [0.05, 0.1) is 11.6 Å². The van der Waals surface area contributed by atoms with E-state index in [9.17, 15) is 0 Å². The van der Waals surface area contributed by atoms with Crippen LogP contribution in [-0.4, -0.2) is 18.8 Å². The normalized spacial score (nSPS) is 30.8. The van der Waals surface area contributed by atoms with Crippen molar-refractivity contribution >= 4 is 0 Å². The van der Waals surface area contributed by atoms with E-state index in [0.29, 0.717) is 5.92 Å². The highest BCUT2D eigenvalue weighted by Gasteiger charge is 2.41. The average Bonchev–Trinajstić information content (AvgIpc) is 2.34. The zero-order chi connectivity index (χ0) is 12.7. The lowest BCUT2D eigenvalue weighted by atomic mass is 9.73. The molecule has 0 aromatic carbocycles. The van der Waals surface area contributed by atoms with Crippen molar-refractivity contribution in [2.45, 2.75) is 63.5 Å². The summed E-state index contributed by atoms with van der Waals surface area (Å²) in [5.41, 5.74) is 2.85. The highest BCUT2D eigenvalue weighted by molar-refractivity contribution is 4.96. The van der Waals surface area contributed by atoms with Crippen LogP contribution in [0.25, 0.3) is 0 Å². The molecule has 1 aliphatic carbocycles. The van der Waals surface area contributed by atoms with Crippen molar-refractivity contribution in [3.05, 3.63) is 0 Å². The minimum absolute atomic E-state index is 0.0962. The monoisotopic (exact) mass is 238 g/mol. The Hall–Kier alpha value is -0.560. The van der Waals surface area contributed by atoms with E-state index in [1.807, 2.05) is 7.11 Å². The van der Waals surface area contributed by atoms with E-state index in [-0.39, 0.29) is 11.6 Å². The van der Waals surface area contributed by atoms with E-state index in [2.05, 4.69) is 18.3 Å². The van der Waals surface area contributed by atoms with Crippen LogP contribution < -0.4 is 11.3 Å². The summed E-state index contributed by atoms with van der Waals surface area (Å²) in [5.74, 6) is 9.11. The number of terminal acetylenes is 1. The lowest BCUT2D eigenvalue weighted by molar-refractivity contribution is -0.0812. The molecular formula is C14H26N2O. The standard InChI is InChI=1S/C14H26N2O/c1-4-5-6-9-13(16-15)14(17-3)10-7-8-12(2)11-14/h1,12-13,16H,5-11,15H2,2-3H3. The molecule has 0 heterocycles. The molecule has 0 spiro atoms. The van der Waals surface area contributed by atoms with Crippen molar-refractivity contribution < 1.29 is 4.74 Å². The van der Waals surface area contributed by atoms with Gasteiger partial charge in [0.25, 0.3) is 0 Å². The van der Waals surface area contributed by atoms with Crippen LogP contribution in [0.2, 0.25) is 0 Å². The van der Waals surface area contributed by atoms with Gasteiger partial charge in [0.15, 0.2) is 0 Å². The maximum absolute atomic E-state index is 5.84. The second kappa shape index (κ2) is 7.00. The van der Waals surface area contributed by atoms with Gasteiger partial charge in [0, 0.05) is 13.5 Å². The third kappa shape index (κ3) is 3.70. The second-order valence-electron chi connectivity index (χ2n) is 5.29. The van der Waals surface area contributed by atoms with Crippen LogP contribution in [0.5, 0.6) is 0 Å². The van der Waals surface area contributed by atoms with E-state index < -0.39 is 0 Å². The predicted molar refractivity (Wildman–Crippen MR) is 71.2 cm³/mol. The number of nitrogens with one attached hydrogen (secondary N) is 1. The van der Waals surface area contributed by atoms with Gasteiger partial charge in [0.1, 0.15) is 0 Å². The Morgan fingerprint density at radius 3 is 2.94 bits per heavy atom. The van der Waals surface area contributed by atoms with Crippen molar-refractivity contribution in [1.82, 2.24) is 5.43 Å². The molecule has 0 amide bonds. The number of methoxy groups -OCH3 is 1. The summed E-state index contributed by atoms with van der Waals surface area (Å²) < 4.78 is 5.84. The Kier molecular flexibility index (Phi) is 5.97. The van der Waals surface area contributed by atoms with Crippen molar-refractivity contribution in [2.24, 2.45) is 11.8 Å². The predicted octanol–water partition coefficient (Wildman–Crippen LogP) is 2.22. The van der Waals surface area contributed by atoms with E-state index in [4.69, 9.17) is 17.0 Å². The van der Waals surface area contributed by atoms with Gasteiger partial charge >= 0.3 is 0 Å². The van der Waals surface area contributed by atoms with E-state index in [1.165, 1.54) is 12.8 Å². The molecule has 3 atom stereocenters. The van der Waals surface area contributed by atoms with E-state index in [1.54, 1.807) is 0 Å². The van der Waals surface area contributed by atoms with Gasteiger partial charge < -0.3 is 4.74 Å². The molecule has 3 heteroatoms. The molecular weight excluding hydrogens is 212 g/mol. The van der Waals surface area contributed by atoms with Gasteiger partial charge in [-0.3, -0.25) is 11.3 Å². The molecule has 0 aromatic rings. The largest absolute Gasteiger partial charge is 0.377 e. The number of rotatable bonds is 6. The Morgan fingerprint density at radius 1 is 1.65 bits per heavy atom. The minimum Gasteiger partial charge on any atom is -0.377 e. The lowest BCUT2D eigenvalue weighted by Gasteiger charge is -2.44. The highest BCUT2D eigenvalue weighted by Crippen LogP contribution is 2.38. The summed E-state index contributed by atoms with van der Waals surface area (Å²) in [4.78, 5) is 0. The third-order valence-electron chi connectivity index (χ3n) is 4.05. The number of unbranched alkanes of at least 4 members (excludes halogenated alkanes) is 1. The molecule has 0 bridgehead atoms. The Morgan fingerprint density at radius 2 is 2.41 bits per heavy atom. The first kappa shape index (κ1) is 14.5. The molecule has 3 nitrogen and oxygen atoms in total. The van der Waals surface area contributed by atoms with Gasteiger partial charge in [-0.2, -0.15) is 0 Å². The maximum atomic E-state index is 5.84. The zero-order valence-electron chi connectivity index (χ0n) is 11.2. The Balaban J connectivity index is 2.64. The smallest absolute Gasteiger partial charge is 0.0846 e. The van der Waals surface area contributed by atoms with Gasteiger partial charge in [-0.05, 0) is 31.6 Å². The van der Waals surface area contributed by atoms with Crippen LogP contribution in [0, 0.1) is 18.3 Å². The first-order valence-electron chi connectivity index (χ1n) is 6.63. The zero-order valence-corrected chi connectivity index (χ0v) is 11.2. The van der Waals surface area contributed by atoms with Crippen molar-refractivity contribution in [1.29, 1.82) is 0 Å². The average molecular weight is 238 g/mol. The van der Waals surface area contributed by atoms with Gasteiger partial charge in [-0.1, -0.05) is 19.8 Å². The Labute approximate surface area is 105 Å². The Bertz CT molecular complexity index is 261. The fourth-order valence-corrected chi connectivity index (χ4v) is 3.09. The first-order valence-corrected chi connectivity index (χ1v) is 6.63. The molecule has 0 saturated heterocycles. The molecule has 0 radical (unpaired) electrons. The number of hydrazine groups is 1. The van der Waals surface area contributed by atoms with Crippen molar-refractivity contribution in [3.63, 3.8) is 0 Å². The molecule has 3 N–H and O–H groups in total. The van der Waals surface area contributed by atoms with Crippen LogP contribution in [0.3, 0.4) is 0 Å². The second-order valence-corrected chi connectivity index (χ2v) is 5.29. The fraction of sp³-hybridized carbons (Fsp3) is 0.857. The van der Waals surface area contributed by atoms with Gasteiger partial charge in [-0.15, -0.1) is 12.3 Å². The number of hydrogen-bond acceptors (Lipinski definition) is 3. The molecule has 17 heavy (non-hydrogen) atoms. The number of ether oxygens (including phenoxy) is 1. The molecule has 1 saturated carbocycles. The molecule has 0 aromatic heterocycles. The topological polar surface area (TPSA) is 47.3 Å². The quantitative estimate of drug-likeness (QED) is 0.323. The summed E-state index contributed by atoms with van der Waals surface area (Å²) in [5, 5.41) is 0. The molecule has 3 unspecified atom stereocenters. The maximum Gasteiger partial charge on any atom is 0.0846 e. The molecule has 1 rings (SSSR count). The first-order chi connectivity index (χ1) is 8.18. The summed E-state index contributed by atoms with van der Waals surface area (Å²) in [6.07, 6.45) is 12.8. The molecule has 98 valence electrons. The van der Waals surface area contributed by atoms with Crippen molar-refractivity contribution in [3.8, 4) is 12.3 Å². The third-order valence-corrected chi connectivity index (χ3v) is 4.05. The van der Waals surface area contributed by atoms with Crippen LogP contribution >= 0.6 is 0 Å². The van der Waals surface area contributed by atoms with Gasteiger partial charge in [0.2, 0.25) is 0 Å². The van der Waals surface area contributed by atoms with E-state index in [0.717, 1.165) is 32.1 Å². The van der Waals surface area contributed by atoms with Crippen molar-refractivity contribution in [2.75, 3.05) is 7.11 Å². The summed E-state index contributed by atoms with van der Waals surface area (Å²) in [6, 6.07) is 0.212. The summed E-state index contributed by atoms with van der Waals surface area (Å²) in [7, 11) is 1.81. The molecule has 1 fully saturated rings. The van der Waals surface area contributed by atoms with Crippen LogP contribution in [0.15, 0.2) is 0 Å². The SMILES string of the molecule is C#CCCCC(NN)C1(OC)CCCC(C)C1. The minimum atomic E-state index is -0.0962. The number of hydrogen-bond donors (Lipinski definition) is 2. The lowest BCUT2D eigenvalue weighted by Crippen LogP contribution is -2.56. The number of nitrogens with two attached hydrogens (primary N) is 1. The highest BCUT2D eigenvalue weighted by atomic mass is 16.5. The van der Waals surface area contributed by atoms with Crippen LogP contribution in [0.1, 0.15) is 51.9 Å². The van der Waals surface area contributed by atoms with E-state index >= 15 is 0 Å².